The molecule has 0 atom stereocenters. The van der Waals surface area contributed by atoms with Crippen molar-refractivity contribution in [3.05, 3.63) is 36.2 Å². The minimum atomic E-state index is 0.421. The third kappa shape index (κ3) is 3.05. The summed E-state index contributed by atoms with van der Waals surface area (Å²) in [4.78, 5) is 9.82. The summed E-state index contributed by atoms with van der Waals surface area (Å²) in [6.07, 6.45) is 10.3. The molecule has 1 N–H and O–H groups in total. The molecule has 1 heterocycles. The Morgan fingerprint density at radius 2 is 2.33 bits per heavy atom. The molecule has 1 rings (SSSR count). The highest BCUT2D eigenvalue weighted by molar-refractivity contribution is 5.37. The van der Waals surface area contributed by atoms with Gasteiger partial charge in [0.2, 0.25) is 0 Å². The molecule has 64 valence electrons. The largest absolute Gasteiger partial charge is 0.467 e. The fraction of sp³-hybridized carbons (Fsp3) is 0.222. The zero-order valence-electron chi connectivity index (χ0n) is 6.69. The predicted molar refractivity (Wildman–Crippen MR) is 46.1 cm³/mol. The lowest BCUT2D eigenvalue weighted by atomic mass is 10.3. The molecule has 0 unspecified atom stereocenters. The van der Waals surface area contributed by atoms with Crippen LogP contribution in [0.4, 0.5) is 0 Å². The third-order valence-electron chi connectivity index (χ3n) is 1.44. The maximum atomic E-state index is 9.82. The standard InChI is InChI=1S/C9H11NO2/c11-8-12-7-5-9-4-2-1-3-6-10-9/h1-4,6,8,10H,5,7H2. The van der Waals surface area contributed by atoms with E-state index in [1.807, 2.05) is 30.5 Å². The fourth-order valence-corrected chi connectivity index (χ4v) is 0.867. The van der Waals surface area contributed by atoms with Crippen molar-refractivity contribution in [3.8, 4) is 0 Å². The molecule has 1 aliphatic heterocycles. The Balaban J connectivity index is 2.31. The summed E-state index contributed by atoms with van der Waals surface area (Å²) < 4.78 is 4.57. The number of nitrogens with one attached hydrogen (secondary N) is 1. The molecule has 0 aromatic rings. The van der Waals surface area contributed by atoms with Crippen molar-refractivity contribution in [2.24, 2.45) is 0 Å². The molecular formula is C9H11NO2. The summed E-state index contributed by atoms with van der Waals surface area (Å²) in [5, 5.41) is 3.06. The monoisotopic (exact) mass is 165 g/mol. The van der Waals surface area contributed by atoms with Crippen LogP contribution in [0.3, 0.4) is 0 Å². The van der Waals surface area contributed by atoms with Crippen LogP contribution in [0, 0.1) is 0 Å². The molecule has 0 aromatic carbocycles. The third-order valence-corrected chi connectivity index (χ3v) is 1.44. The van der Waals surface area contributed by atoms with Gasteiger partial charge in [-0.25, -0.2) is 0 Å². The van der Waals surface area contributed by atoms with Crippen molar-refractivity contribution in [1.29, 1.82) is 0 Å². The number of ether oxygens (including phenoxy) is 1. The van der Waals surface area contributed by atoms with Crippen molar-refractivity contribution in [1.82, 2.24) is 5.32 Å². The first-order chi connectivity index (χ1) is 5.93. The van der Waals surface area contributed by atoms with Crippen LogP contribution >= 0.6 is 0 Å². The number of rotatable bonds is 4. The highest BCUT2D eigenvalue weighted by Gasteiger charge is 1.94. The Bertz CT molecular complexity index is 229. The number of hydrogen-bond acceptors (Lipinski definition) is 3. The molecule has 0 aromatic heterocycles. The Morgan fingerprint density at radius 1 is 1.42 bits per heavy atom. The quantitative estimate of drug-likeness (QED) is 0.501. The van der Waals surface area contributed by atoms with Gasteiger partial charge in [-0.1, -0.05) is 12.2 Å². The van der Waals surface area contributed by atoms with Crippen molar-refractivity contribution in [3.63, 3.8) is 0 Å². The van der Waals surface area contributed by atoms with Gasteiger partial charge in [-0.15, -0.1) is 0 Å². The Morgan fingerprint density at radius 3 is 3.17 bits per heavy atom. The van der Waals surface area contributed by atoms with Gasteiger partial charge in [-0.2, -0.15) is 0 Å². The highest BCUT2D eigenvalue weighted by Crippen LogP contribution is 2.00. The minimum absolute atomic E-state index is 0.421. The van der Waals surface area contributed by atoms with E-state index in [1.165, 1.54) is 0 Å². The van der Waals surface area contributed by atoms with Crippen molar-refractivity contribution >= 4 is 6.47 Å². The first kappa shape index (κ1) is 8.59. The predicted octanol–water partition coefficient (Wildman–Crippen LogP) is 1.11. The van der Waals surface area contributed by atoms with E-state index in [9.17, 15) is 4.79 Å². The Hall–Kier alpha value is -1.51. The summed E-state index contributed by atoms with van der Waals surface area (Å²) in [5.74, 6) is 0. The van der Waals surface area contributed by atoms with Crippen LogP contribution < -0.4 is 5.32 Å². The first-order valence-corrected chi connectivity index (χ1v) is 3.77. The van der Waals surface area contributed by atoms with E-state index >= 15 is 0 Å². The number of hydrogen-bond donors (Lipinski definition) is 1. The molecule has 12 heavy (non-hydrogen) atoms. The maximum absolute atomic E-state index is 9.82. The molecule has 0 radical (unpaired) electrons. The Labute approximate surface area is 71.4 Å². The van der Waals surface area contributed by atoms with Crippen LogP contribution in [0.5, 0.6) is 0 Å². The lowest BCUT2D eigenvalue weighted by molar-refractivity contribution is -0.128. The van der Waals surface area contributed by atoms with Crippen LogP contribution in [0.2, 0.25) is 0 Å². The molecule has 3 nitrogen and oxygen atoms in total. The molecule has 1 aliphatic rings. The van der Waals surface area contributed by atoms with Gasteiger partial charge in [0, 0.05) is 18.3 Å². The van der Waals surface area contributed by atoms with Crippen LogP contribution in [0.25, 0.3) is 0 Å². The second kappa shape index (κ2) is 5.18. The molecule has 0 spiro atoms. The van der Waals surface area contributed by atoms with Crippen molar-refractivity contribution in [2.75, 3.05) is 6.61 Å². The van der Waals surface area contributed by atoms with E-state index < -0.39 is 0 Å². The topological polar surface area (TPSA) is 38.3 Å². The normalized spacial score (nSPS) is 14.5. The van der Waals surface area contributed by atoms with Gasteiger partial charge in [0.25, 0.3) is 6.47 Å². The lowest BCUT2D eigenvalue weighted by Gasteiger charge is -2.03. The maximum Gasteiger partial charge on any atom is 0.293 e. The van der Waals surface area contributed by atoms with Crippen molar-refractivity contribution < 1.29 is 9.53 Å². The molecule has 0 fully saturated rings. The SMILES string of the molecule is O=COCCC1=CC=CC=CN1. The molecule has 0 aliphatic carbocycles. The minimum Gasteiger partial charge on any atom is -0.467 e. The lowest BCUT2D eigenvalue weighted by Crippen LogP contribution is -2.06. The van der Waals surface area contributed by atoms with Crippen LogP contribution in [-0.2, 0) is 9.53 Å². The zero-order valence-corrected chi connectivity index (χ0v) is 6.69. The average molecular weight is 165 g/mol. The van der Waals surface area contributed by atoms with E-state index in [1.54, 1.807) is 0 Å². The van der Waals surface area contributed by atoms with E-state index in [0.29, 0.717) is 19.5 Å². The van der Waals surface area contributed by atoms with Gasteiger partial charge in [-0.05, 0) is 12.2 Å². The highest BCUT2D eigenvalue weighted by atomic mass is 16.5. The summed E-state index contributed by atoms with van der Waals surface area (Å²) in [5.41, 5.74) is 1.04. The van der Waals surface area contributed by atoms with E-state index in [-0.39, 0.29) is 0 Å². The van der Waals surface area contributed by atoms with Gasteiger partial charge in [0.15, 0.2) is 0 Å². The van der Waals surface area contributed by atoms with Gasteiger partial charge in [0.05, 0.1) is 6.61 Å². The molecule has 0 saturated carbocycles. The van der Waals surface area contributed by atoms with Gasteiger partial charge in [0.1, 0.15) is 0 Å². The summed E-state index contributed by atoms with van der Waals surface area (Å²) in [6.45, 7) is 0.882. The summed E-state index contributed by atoms with van der Waals surface area (Å²) in [6, 6.07) is 0. The van der Waals surface area contributed by atoms with Crippen LogP contribution in [0.1, 0.15) is 6.42 Å². The average Bonchev–Trinajstić information content (AvgIpc) is 2.33. The van der Waals surface area contributed by atoms with E-state index in [0.717, 1.165) is 5.70 Å². The van der Waals surface area contributed by atoms with Gasteiger partial charge in [-0.3, -0.25) is 4.79 Å². The molecule has 0 amide bonds. The van der Waals surface area contributed by atoms with Crippen LogP contribution in [-0.4, -0.2) is 13.1 Å². The number of carbonyl (C=O) groups excluding carboxylic acids is 1. The summed E-state index contributed by atoms with van der Waals surface area (Å²) >= 11 is 0. The van der Waals surface area contributed by atoms with Gasteiger partial charge < -0.3 is 10.1 Å². The molecule has 3 heteroatoms. The smallest absolute Gasteiger partial charge is 0.293 e. The molecular weight excluding hydrogens is 154 g/mol. The number of allylic oxidation sites excluding steroid dienone is 4. The van der Waals surface area contributed by atoms with E-state index in [4.69, 9.17) is 0 Å². The molecule has 0 bridgehead atoms. The van der Waals surface area contributed by atoms with Crippen LogP contribution in [0.15, 0.2) is 36.2 Å². The summed E-state index contributed by atoms with van der Waals surface area (Å²) in [7, 11) is 0. The zero-order chi connectivity index (χ0) is 8.65. The second-order valence-electron chi connectivity index (χ2n) is 2.30. The molecule has 0 saturated heterocycles. The fourth-order valence-electron chi connectivity index (χ4n) is 0.867. The van der Waals surface area contributed by atoms with E-state index in [2.05, 4.69) is 10.1 Å². The second-order valence-corrected chi connectivity index (χ2v) is 2.30. The number of carbonyl (C=O) groups is 1. The first-order valence-electron chi connectivity index (χ1n) is 3.77. The van der Waals surface area contributed by atoms with Crippen molar-refractivity contribution in [2.45, 2.75) is 6.42 Å². The Kier molecular flexibility index (Phi) is 3.71. The van der Waals surface area contributed by atoms with Gasteiger partial charge >= 0.3 is 0 Å².